The molecular weight excluding hydrogens is 272 g/mol. The van der Waals surface area contributed by atoms with Crippen molar-refractivity contribution in [3.8, 4) is 17.2 Å². The molecule has 21 heavy (non-hydrogen) atoms. The fraction of sp³-hybridized carbons (Fsp3) is 0.125. The Labute approximate surface area is 121 Å². The van der Waals surface area contributed by atoms with Crippen LogP contribution in [0.5, 0.6) is 17.2 Å². The molecule has 0 bridgehead atoms. The Hall–Kier alpha value is -2.82. The summed E-state index contributed by atoms with van der Waals surface area (Å²) in [5.41, 5.74) is 0.293. The topological polar surface area (TPSA) is 72.8 Å². The fourth-order valence-corrected chi connectivity index (χ4v) is 1.85. The van der Waals surface area contributed by atoms with Crippen molar-refractivity contribution in [1.82, 2.24) is 0 Å². The van der Waals surface area contributed by atoms with E-state index in [0.717, 1.165) is 0 Å². The largest absolute Gasteiger partial charge is 0.508 e. The molecule has 0 saturated carbocycles. The van der Waals surface area contributed by atoms with Gasteiger partial charge in [-0.3, -0.25) is 9.59 Å². The van der Waals surface area contributed by atoms with Gasteiger partial charge in [-0.2, -0.15) is 0 Å². The number of ether oxygens (including phenoxy) is 2. The highest BCUT2D eigenvalue weighted by atomic mass is 16.5. The number of ketones is 2. The fourth-order valence-electron chi connectivity index (χ4n) is 1.85. The maximum absolute atomic E-state index is 12.3. The maximum atomic E-state index is 12.3. The molecule has 108 valence electrons. The van der Waals surface area contributed by atoms with Gasteiger partial charge in [-0.1, -0.05) is 12.1 Å². The zero-order valence-corrected chi connectivity index (χ0v) is 11.6. The Bertz CT molecular complexity index is 669. The van der Waals surface area contributed by atoms with Crippen molar-refractivity contribution >= 4 is 11.6 Å². The number of carbonyl (C=O) groups is 2. The van der Waals surface area contributed by atoms with Gasteiger partial charge < -0.3 is 14.6 Å². The molecule has 5 heteroatoms. The Morgan fingerprint density at radius 3 is 1.95 bits per heavy atom. The second-order valence-corrected chi connectivity index (χ2v) is 4.31. The van der Waals surface area contributed by atoms with Gasteiger partial charge in [0.05, 0.1) is 14.2 Å². The summed E-state index contributed by atoms with van der Waals surface area (Å²) in [5.74, 6) is -0.640. The number of benzene rings is 2. The van der Waals surface area contributed by atoms with E-state index >= 15 is 0 Å². The summed E-state index contributed by atoms with van der Waals surface area (Å²) >= 11 is 0. The van der Waals surface area contributed by atoms with Crippen molar-refractivity contribution in [3.05, 3.63) is 53.6 Å². The van der Waals surface area contributed by atoms with E-state index in [1.807, 2.05) is 0 Å². The van der Waals surface area contributed by atoms with Gasteiger partial charge in [0, 0.05) is 17.2 Å². The first kappa shape index (κ1) is 14.6. The molecule has 0 aromatic heterocycles. The van der Waals surface area contributed by atoms with Crippen LogP contribution in [0.1, 0.15) is 20.7 Å². The summed E-state index contributed by atoms with van der Waals surface area (Å²) < 4.78 is 10.1. The number of aromatic hydroxyl groups is 1. The molecule has 0 fully saturated rings. The standard InChI is InChI=1S/C16H14O5/c1-20-13-7-11(8-14(9-13)21-2)16(19)15(18)10-4-3-5-12(17)6-10/h3-9,17H,1-2H3. The van der Waals surface area contributed by atoms with E-state index in [4.69, 9.17) is 9.47 Å². The Kier molecular flexibility index (Phi) is 4.23. The van der Waals surface area contributed by atoms with Crippen molar-refractivity contribution in [1.29, 1.82) is 0 Å². The van der Waals surface area contributed by atoms with Crippen LogP contribution in [0, 0.1) is 0 Å². The van der Waals surface area contributed by atoms with Gasteiger partial charge in [0.25, 0.3) is 0 Å². The summed E-state index contributed by atoms with van der Waals surface area (Å²) in [6.45, 7) is 0. The number of methoxy groups -OCH3 is 2. The zero-order valence-electron chi connectivity index (χ0n) is 11.6. The van der Waals surface area contributed by atoms with Gasteiger partial charge in [-0.05, 0) is 24.3 Å². The van der Waals surface area contributed by atoms with Gasteiger partial charge in [0.1, 0.15) is 17.2 Å². The molecule has 0 radical (unpaired) electrons. The van der Waals surface area contributed by atoms with Crippen LogP contribution in [0.3, 0.4) is 0 Å². The molecule has 0 spiro atoms. The third-order valence-electron chi connectivity index (χ3n) is 2.93. The molecule has 5 nitrogen and oxygen atoms in total. The van der Waals surface area contributed by atoms with E-state index in [1.54, 1.807) is 6.07 Å². The molecule has 2 aromatic rings. The van der Waals surface area contributed by atoms with Crippen molar-refractivity contribution in [2.75, 3.05) is 14.2 Å². The number of hydrogen-bond donors (Lipinski definition) is 1. The van der Waals surface area contributed by atoms with Crippen LogP contribution < -0.4 is 9.47 Å². The Morgan fingerprint density at radius 1 is 0.857 bits per heavy atom. The Balaban J connectivity index is 2.37. The van der Waals surface area contributed by atoms with Crippen LogP contribution >= 0.6 is 0 Å². The van der Waals surface area contributed by atoms with E-state index in [0.29, 0.717) is 11.5 Å². The first-order valence-corrected chi connectivity index (χ1v) is 6.16. The summed E-state index contributed by atoms with van der Waals surface area (Å²) in [6.07, 6.45) is 0. The predicted molar refractivity (Wildman–Crippen MR) is 76.3 cm³/mol. The van der Waals surface area contributed by atoms with Crippen LogP contribution in [-0.2, 0) is 0 Å². The lowest BCUT2D eigenvalue weighted by Gasteiger charge is -2.07. The third kappa shape index (κ3) is 3.20. The first-order valence-electron chi connectivity index (χ1n) is 6.16. The second-order valence-electron chi connectivity index (χ2n) is 4.31. The van der Waals surface area contributed by atoms with Gasteiger partial charge in [0.15, 0.2) is 0 Å². The summed E-state index contributed by atoms with van der Waals surface area (Å²) in [6, 6.07) is 10.2. The normalized spacial score (nSPS) is 10.0. The number of phenolic OH excluding ortho intramolecular Hbond substituents is 1. The highest BCUT2D eigenvalue weighted by Crippen LogP contribution is 2.24. The molecular formula is C16H14O5. The molecule has 0 heterocycles. The van der Waals surface area contributed by atoms with E-state index in [2.05, 4.69) is 0 Å². The lowest BCUT2D eigenvalue weighted by molar-refractivity contribution is 0.0816. The van der Waals surface area contributed by atoms with Gasteiger partial charge in [-0.15, -0.1) is 0 Å². The van der Waals surface area contributed by atoms with Crippen LogP contribution in [0.25, 0.3) is 0 Å². The zero-order chi connectivity index (χ0) is 15.4. The molecule has 0 aliphatic rings. The van der Waals surface area contributed by atoms with Crippen LogP contribution in [0.15, 0.2) is 42.5 Å². The number of hydrogen-bond acceptors (Lipinski definition) is 5. The third-order valence-corrected chi connectivity index (χ3v) is 2.93. The minimum Gasteiger partial charge on any atom is -0.508 e. The van der Waals surface area contributed by atoms with Crippen molar-refractivity contribution in [3.63, 3.8) is 0 Å². The lowest BCUT2D eigenvalue weighted by atomic mass is 10.0. The molecule has 0 aliphatic carbocycles. The quantitative estimate of drug-likeness (QED) is 0.675. The van der Waals surface area contributed by atoms with E-state index in [-0.39, 0.29) is 16.9 Å². The average Bonchev–Trinajstić information content (AvgIpc) is 2.52. The molecule has 0 amide bonds. The molecule has 1 N–H and O–H groups in total. The highest BCUT2D eigenvalue weighted by Gasteiger charge is 2.20. The minimum atomic E-state index is -0.707. The summed E-state index contributed by atoms with van der Waals surface area (Å²) in [7, 11) is 2.92. The Morgan fingerprint density at radius 2 is 1.43 bits per heavy atom. The van der Waals surface area contributed by atoms with Crippen LogP contribution in [0.2, 0.25) is 0 Å². The highest BCUT2D eigenvalue weighted by molar-refractivity contribution is 6.49. The van der Waals surface area contributed by atoms with Gasteiger partial charge in [-0.25, -0.2) is 0 Å². The smallest absolute Gasteiger partial charge is 0.233 e. The van der Waals surface area contributed by atoms with Crippen molar-refractivity contribution in [2.24, 2.45) is 0 Å². The van der Waals surface area contributed by atoms with Gasteiger partial charge >= 0.3 is 0 Å². The van der Waals surface area contributed by atoms with Gasteiger partial charge in [0.2, 0.25) is 11.6 Å². The minimum absolute atomic E-state index is 0.0723. The predicted octanol–water partition coefficient (Wildman–Crippen LogP) is 2.48. The van der Waals surface area contributed by atoms with Crippen LogP contribution in [-0.4, -0.2) is 30.9 Å². The number of phenols is 1. The van der Waals surface area contributed by atoms with E-state index in [9.17, 15) is 14.7 Å². The molecule has 0 unspecified atom stereocenters. The maximum Gasteiger partial charge on any atom is 0.233 e. The van der Waals surface area contributed by atoms with Crippen LogP contribution in [0.4, 0.5) is 0 Å². The second kappa shape index (κ2) is 6.09. The lowest BCUT2D eigenvalue weighted by Crippen LogP contribution is -2.14. The first-order chi connectivity index (χ1) is 10.0. The average molecular weight is 286 g/mol. The van der Waals surface area contributed by atoms with Crippen molar-refractivity contribution in [2.45, 2.75) is 0 Å². The molecule has 2 aromatic carbocycles. The number of carbonyl (C=O) groups excluding carboxylic acids is 2. The van der Waals surface area contributed by atoms with E-state index in [1.165, 1.54) is 50.6 Å². The molecule has 0 atom stereocenters. The molecule has 0 aliphatic heterocycles. The summed E-state index contributed by atoms with van der Waals surface area (Å²) in [4.78, 5) is 24.4. The monoisotopic (exact) mass is 286 g/mol. The summed E-state index contributed by atoms with van der Waals surface area (Å²) in [5, 5.41) is 9.38. The SMILES string of the molecule is COc1cc(OC)cc(C(=O)C(=O)c2cccc(O)c2)c1. The van der Waals surface area contributed by atoms with Crippen molar-refractivity contribution < 1.29 is 24.2 Å². The molecule has 0 saturated heterocycles. The van der Waals surface area contributed by atoms with E-state index < -0.39 is 11.6 Å². The number of Topliss-reactive ketones (excluding diaryl/α,β-unsaturated/α-hetero) is 2. The number of rotatable bonds is 5. The molecule has 2 rings (SSSR count).